The molecule has 0 amide bonds. The molecule has 4 rings (SSSR count). The van der Waals surface area contributed by atoms with E-state index in [-0.39, 0.29) is 0 Å². The predicted molar refractivity (Wildman–Crippen MR) is 109 cm³/mol. The fourth-order valence-electron chi connectivity index (χ4n) is 3.26. The number of pyridine rings is 1. The van der Waals surface area contributed by atoms with Crippen LogP contribution in [0.2, 0.25) is 0 Å². The molecule has 0 bridgehead atoms. The van der Waals surface area contributed by atoms with Crippen LogP contribution >= 0.6 is 0 Å². The molecule has 0 atom stereocenters. The third-order valence-corrected chi connectivity index (χ3v) is 4.52. The molecule has 0 saturated carbocycles. The molecule has 1 aromatic heterocycles. The average Bonchev–Trinajstić information content (AvgIpc) is 2.69. The van der Waals surface area contributed by atoms with Crippen molar-refractivity contribution in [3.8, 4) is 22.4 Å². The van der Waals surface area contributed by atoms with Crippen LogP contribution in [-0.4, -0.2) is 4.98 Å². The minimum absolute atomic E-state index is 0.836. The number of rotatable bonds is 4. The highest BCUT2D eigenvalue weighted by molar-refractivity contribution is 5.71. The summed E-state index contributed by atoms with van der Waals surface area (Å²) in [5.74, 6) is 0. The Balaban J connectivity index is 1.80. The Morgan fingerprint density at radius 1 is 0.615 bits per heavy atom. The van der Waals surface area contributed by atoms with Gasteiger partial charge in [0.1, 0.15) is 0 Å². The summed E-state index contributed by atoms with van der Waals surface area (Å²) in [7, 11) is 0. The van der Waals surface area contributed by atoms with Gasteiger partial charge in [-0.25, -0.2) is 0 Å². The monoisotopic (exact) mass is 335 g/mol. The van der Waals surface area contributed by atoms with Gasteiger partial charge >= 0.3 is 0 Å². The molecule has 1 heterocycles. The van der Waals surface area contributed by atoms with Crippen LogP contribution in [-0.2, 0) is 6.42 Å². The van der Waals surface area contributed by atoms with Crippen molar-refractivity contribution in [2.24, 2.45) is 0 Å². The van der Waals surface area contributed by atoms with Crippen molar-refractivity contribution in [1.29, 1.82) is 0 Å². The van der Waals surface area contributed by atoms with Crippen LogP contribution in [0.3, 0.4) is 0 Å². The standard InChI is InChI=1S/C25H21N/c1-19-9-8-10-20(15-19)16-24-17-23(21-11-4-2-5-12-21)18-25(26-24)22-13-6-3-7-14-22/h2-15,17-18H,16H2,1H3. The molecule has 126 valence electrons. The lowest BCUT2D eigenvalue weighted by Gasteiger charge is -2.10. The lowest BCUT2D eigenvalue weighted by atomic mass is 9.99. The van der Waals surface area contributed by atoms with Gasteiger partial charge in [0, 0.05) is 17.7 Å². The Hall–Kier alpha value is -3.19. The maximum absolute atomic E-state index is 4.95. The first-order valence-electron chi connectivity index (χ1n) is 8.95. The molecule has 0 aliphatic carbocycles. The van der Waals surface area contributed by atoms with Crippen molar-refractivity contribution in [3.63, 3.8) is 0 Å². The summed E-state index contributed by atoms with van der Waals surface area (Å²) in [6, 6.07) is 34.0. The van der Waals surface area contributed by atoms with E-state index < -0.39 is 0 Å². The Morgan fingerprint density at radius 3 is 2.00 bits per heavy atom. The van der Waals surface area contributed by atoms with E-state index in [1.165, 1.54) is 22.3 Å². The van der Waals surface area contributed by atoms with E-state index in [4.69, 9.17) is 4.98 Å². The second kappa shape index (κ2) is 7.37. The summed E-state index contributed by atoms with van der Waals surface area (Å²) in [6.07, 6.45) is 0.836. The molecule has 0 N–H and O–H groups in total. The van der Waals surface area contributed by atoms with Crippen molar-refractivity contribution in [3.05, 3.63) is 114 Å². The summed E-state index contributed by atoms with van der Waals surface area (Å²) in [6.45, 7) is 2.13. The molecule has 26 heavy (non-hydrogen) atoms. The van der Waals surface area contributed by atoms with E-state index in [2.05, 4.69) is 97.9 Å². The van der Waals surface area contributed by atoms with Gasteiger partial charge in [-0.2, -0.15) is 0 Å². The summed E-state index contributed by atoms with van der Waals surface area (Å²) in [5.41, 5.74) is 8.27. The third kappa shape index (κ3) is 3.73. The molecule has 0 fully saturated rings. The van der Waals surface area contributed by atoms with Crippen LogP contribution in [0, 0.1) is 6.92 Å². The number of hydrogen-bond donors (Lipinski definition) is 0. The van der Waals surface area contributed by atoms with Crippen molar-refractivity contribution in [1.82, 2.24) is 4.98 Å². The normalized spacial score (nSPS) is 10.7. The number of nitrogens with zero attached hydrogens (tertiary/aromatic N) is 1. The predicted octanol–water partition coefficient (Wildman–Crippen LogP) is 6.31. The fraction of sp³-hybridized carbons (Fsp3) is 0.0800. The zero-order chi connectivity index (χ0) is 17.8. The van der Waals surface area contributed by atoms with Gasteiger partial charge in [0.05, 0.1) is 5.69 Å². The van der Waals surface area contributed by atoms with Gasteiger partial charge in [-0.15, -0.1) is 0 Å². The Kier molecular flexibility index (Phi) is 4.61. The molecular weight excluding hydrogens is 314 g/mol. The Morgan fingerprint density at radius 2 is 1.31 bits per heavy atom. The topological polar surface area (TPSA) is 12.9 Å². The van der Waals surface area contributed by atoms with Crippen LogP contribution in [0.5, 0.6) is 0 Å². The summed E-state index contributed by atoms with van der Waals surface area (Å²) in [5, 5.41) is 0. The maximum Gasteiger partial charge on any atom is 0.0711 e. The highest BCUT2D eigenvalue weighted by Gasteiger charge is 2.08. The van der Waals surface area contributed by atoms with Crippen molar-refractivity contribution >= 4 is 0 Å². The lowest BCUT2D eigenvalue weighted by molar-refractivity contribution is 1.08. The van der Waals surface area contributed by atoms with Gasteiger partial charge in [0.15, 0.2) is 0 Å². The van der Waals surface area contributed by atoms with Crippen molar-refractivity contribution in [2.75, 3.05) is 0 Å². The molecule has 3 aromatic carbocycles. The molecule has 4 aromatic rings. The highest BCUT2D eigenvalue weighted by Crippen LogP contribution is 2.27. The molecular formula is C25H21N. The molecule has 0 radical (unpaired) electrons. The molecule has 0 unspecified atom stereocenters. The maximum atomic E-state index is 4.95. The van der Waals surface area contributed by atoms with Crippen molar-refractivity contribution < 1.29 is 0 Å². The van der Waals surface area contributed by atoms with Crippen LogP contribution < -0.4 is 0 Å². The number of benzene rings is 3. The van der Waals surface area contributed by atoms with Crippen LogP contribution in [0.15, 0.2) is 97.1 Å². The Labute approximate surface area is 155 Å². The quantitative estimate of drug-likeness (QED) is 0.425. The third-order valence-electron chi connectivity index (χ3n) is 4.52. The SMILES string of the molecule is Cc1cccc(Cc2cc(-c3ccccc3)cc(-c3ccccc3)n2)c1. The molecule has 0 aliphatic heterocycles. The molecule has 1 heteroatoms. The first-order chi connectivity index (χ1) is 12.8. The largest absolute Gasteiger partial charge is 0.252 e. The summed E-state index contributed by atoms with van der Waals surface area (Å²) >= 11 is 0. The fourth-order valence-corrected chi connectivity index (χ4v) is 3.26. The van der Waals surface area contributed by atoms with Gasteiger partial charge in [0.2, 0.25) is 0 Å². The van der Waals surface area contributed by atoms with Crippen LogP contribution in [0.4, 0.5) is 0 Å². The number of hydrogen-bond acceptors (Lipinski definition) is 1. The van der Waals surface area contributed by atoms with E-state index >= 15 is 0 Å². The lowest BCUT2D eigenvalue weighted by Crippen LogP contribution is -1.96. The number of aryl methyl sites for hydroxylation is 1. The van der Waals surface area contributed by atoms with Gasteiger partial charge < -0.3 is 0 Å². The van der Waals surface area contributed by atoms with Gasteiger partial charge in [-0.1, -0.05) is 90.5 Å². The minimum Gasteiger partial charge on any atom is -0.252 e. The second-order valence-electron chi connectivity index (χ2n) is 6.63. The minimum atomic E-state index is 0.836. The second-order valence-corrected chi connectivity index (χ2v) is 6.63. The molecule has 0 saturated heterocycles. The summed E-state index contributed by atoms with van der Waals surface area (Å²) in [4.78, 5) is 4.95. The zero-order valence-electron chi connectivity index (χ0n) is 14.9. The molecule has 0 spiro atoms. The zero-order valence-corrected chi connectivity index (χ0v) is 14.9. The molecule has 1 nitrogen and oxygen atoms in total. The van der Waals surface area contributed by atoms with E-state index in [0.717, 1.165) is 23.4 Å². The van der Waals surface area contributed by atoms with Gasteiger partial charge in [-0.05, 0) is 35.7 Å². The van der Waals surface area contributed by atoms with E-state index in [9.17, 15) is 0 Å². The van der Waals surface area contributed by atoms with E-state index in [0.29, 0.717) is 0 Å². The van der Waals surface area contributed by atoms with Crippen LogP contribution in [0.1, 0.15) is 16.8 Å². The van der Waals surface area contributed by atoms with Gasteiger partial charge in [-0.3, -0.25) is 4.98 Å². The van der Waals surface area contributed by atoms with Crippen LogP contribution in [0.25, 0.3) is 22.4 Å². The first-order valence-corrected chi connectivity index (χ1v) is 8.95. The van der Waals surface area contributed by atoms with E-state index in [1.54, 1.807) is 0 Å². The van der Waals surface area contributed by atoms with E-state index in [1.807, 2.05) is 6.07 Å². The van der Waals surface area contributed by atoms with Gasteiger partial charge in [0.25, 0.3) is 0 Å². The first kappa shape index (κ1) is 16.3. The average molecular weight is 335 g/mol. The Bertz CT molecular complexity index is 947. The smallest absolute Gasteiger partial charge is 0.0711 e. The number of aromatic nitrogens is 1. The van der Waals surface area contributed by atoms with Crippen molar-refractivity contribution in [2.45, 2.75) is 13.3 Å². The molecule has 0 aliphatic rings. The summed E-state index contributed by atoms with van der Waals surface area (Å²) < 4.78 is 0. The highest BCUT2D eigenvalue weighted by atomic mass is 14.7.